The standard InChI is InChI=1S/C15H20N4/c1-11-6-5-7-12(2)19(11)18-15-13-8-3-4-9-14(13)16-10-17-15/h3-4,8-12H,5-7H2,1-2H3,(H,16,17,18). The minimum absolute atomic E-state index is 0.539. The Kier molecular flexibility index (Phi) is 3.34. The molecular formula is C15H20N4. The number of hydrogen-bond donors (Lipinski definition) is 1. The van der Waals surface area contributed by atoms with Gasteiger partial charge < -0.3 is 5.43 Å². The molecule has 4 nitrogen and oxygen atoms in total. The molecule has 1 aliphatic heterocycles. The van der Waals surface area contributed by atoms with Crippen molar-refractivity contribution in [3.63, 3.8) is 0 Å². The van der Waals surface area contributed by atoms with Crippen LogP contribution in [0.5, 0.6) is 0 Å². The van der Waals surface area contributed by atoms with Crippen LogP contribution in [0.25, 0.3) is 10.9 Å². The smallest absolute Gasteiger partial charge is 0.151 e. The molecule has 19 heavy (non-hydrogen) atoms. The highest BCUT2D eigenvalue weighted by Crippen LogP contribution is 2.25. The first kappa shape index (κ1) is 12.4. The molecule has 2 aromatic rings. The van der Waals surface area contributed by atoms with Gasteiger partial charge in [0.25, 0.3) is 0 Å². The summed E-state index contributed by atoms with van der Waals surface area (Å²) in [4.78, 5) is 8.71. The average molecular weight is 256 g/mol. The summed E-state index contributed by atoms with van der Waals surface area (Å²) in [5.74, 6) is 0.909. The van der Waals surface area contributed by atoms with Crippen LogP contribution < -0.4 is 5.43 Å². The molecule has 100 valence electrons. The van der Waals surface area contributed by atoms with E-state index >= 15 is 0 Å². The normalized spacial score (nSPS) is 24.5. The van der Waals surface area contributed by atoms with Crippen LogP contribution in [0, 0.1) is 0 Å². The van der Waals surface area contributed by atoms with Crippen molar-refractivity contribution >= 4 is 16.7 Å². The van der Waals surface area contributed by atoms with Gasteiger partial charge in [0.2, 0.25) is 0 Å². The van der Waals surface area contributed by atoms with E-state index in [4.69, 9.17) is 0 Å². The van der Waals surface area contributed by atoms with E-state index < -0.39 is 0 Å². The molecular weight excluding hydrogens is 236 g/mol. The lowest BCUT2D eigenvalue weighted by Crippen LogP contribution is -2.47. The predicted octanol–water partition coefficient (Wildman–Crippen LogP) is 3.22. The van der Waals surface area contributed by atoms with Crippen molar-refractivity contribution in [3.05, 3.63) is 30.6 Å². The van der Waals surface area contributed by atoms with Gasteiger partial charge in [-0.15, -0.1) is 0 Å². The van der Waals surface area contributed by atoms with Gasteiger partial charge in [-0.25, -0.2) is 15.0 Å². The summed E-state index contributed by atoms with van der Waals surface area (Å²) in [6, 6.07) is 9.20. The van der Waals surface area contributed by atoms with Crippen LogP contribution in [0.15, 0.2) is 30.6 Å². The molecule has 3 rings (SSSR count). The zero-order valence-corrected chi connectivity index (χ0v) is 11.5. The van der Waals surface area contributed by atoms with Crippen molar-refractivity contribution in [2.45, 2.75) is 45.2 Å². The fourth-order valence-corrected chi connectivity index (χ4v) is 2.86. The lowest BCUT2D eigenvalue weighted by molar-refractivity contribution is 0.135. The number of piperidine rings is 1. The topological polar surface area (TPSA) is 41.0 Å². The van der Waals surface area contributed by atoms with Crippen molar-refractivity contribution in [1.82, 2.24) is 15.0 Å². The van der Waals surface area contributed by atoms with Crippen LogP contribution in [-0.4, -0.2) is 27.1 Å². The van der Waals surface area contributed by atoms with Crippen LogP contribution in [0.1, 0.15) is 33.1 Å². The summed E-state index contributed by atoms with van der Waals surface area (Å²) in [5, 5.41) is 3.41. The Bertz CT molecular complexity index is 554. The lowest BCUT2D eigenvalue weighted by atomic mass is 10.00. The van der Waals surface area contributed by atoms with Gasteiger partial charge >= 0.3 is 0 Å². The van der Waals surface area contributed by atoms with E-state index in [1.54, 1.807) is 6.33 Å². The van der Waals surface area contributed by atoms with E-state index in [1.807, 2.05) is 18.2 Å². The minimum Gasteiger partial charge on any atom is -0.302 e. The Morgan fingerprint density at radius 2 is 1.84 bits per heavy atom. The number of rotatable bonds is 2. The molecule has 0 aliphatic carbocycles. The van der Waals surface area contributed by atoms with Crippen LogP contribution in [-0.2, 0) is 0 Å². The SMILES string of the molecule is CC1CCCC(C)N1Nc1ncnc2ccccc12. The maximum atomic E-state index is 4.41. The van der Waals surface area contributed by atoms with Gasteiger partial charge in [-0.05, 0) is 38.8 Å². The van der Waals surface area contributed by atoms with E-state index in [0.717, 1.165) is 16.7 Å². The van der Waals surface area contributed by atoms with E-state index in [-0.39, 0.29) is 0 Å². The number of nitrogens with zero attached hydrogens (tertiary/aromatic N) is 3. The van der Waals surface area contributed by atoms with Crippen molar-refractivity contribution < 1.29 is 0 Å². The van der Waals surface area contributed by atoms with Gasteiger partial charge in [-0.2, -0.15) is 0 Å². The quantitative estimate of drug-likeness (QED) is 0.895. The highest BCUT2D eigenvalue weighted by atomic mass is 15.5. The number of hydrogen-bond acceptors (Lipinski definition) is 4. The van der Waals surface area contributed by atoms with Crippen LogP contribution in [0.2, 0.25) is 0 Å². The highest BCUT2D eigenvalue weighted by Gasteiger charge is 2.25. The lowest BCUT2D eigenvalue weighted by Gasteiger charge is -2.39. The third-order valence-electron chi connectivity index (χ3n) is 3.97. The number of benzene rings is 1. The number of para-hydroxylation sites is 1. The maximum absolute atomic E-state index is 4.41. The largest absolute Gasteiger partial charge is 0.302 e. The van der Waals surface area contributed by atoms with E-state index in [0.29, 0.717) is 12.1 Å². The Morgan fingerprint density at radius 3 is 2.63 bits per heavy atom. The van der Waals surface area contributed by atoms with Gasteiger partial charge in [0.05, 0.1) is 5.52 Å². The molecule has 1 aromatic carbocycles. The summed E-state index contributed by atoms with van der Waals surface area (Å²) in [5.41, 5.74) is 4.49. The number of aromatic nitrogens is 2. The monoisotopic (exact) mass is 256 g/mol. The van der Waals surface area contributed by atoms with Crippen molar-refractivity contribution in [2.24, 2.45) is 0 Å². The van der Waals surface area contributed by atoms with Crippen molar-refractivity contribution in [1.29, 1.82) is 0 Å². The van der Waals surface area contributed by atoms with Gasteiger partial charge in [-0.1, -0.05) is 18.6 Å². The molecule has 2 atom stereocenters. The van der Waals surface area contributed by atoms with E-state index in [9.17, 15) is 0 Å². The average Bonchev–Trinajstić information content (AvgIpc) is 2.43. The van der Waals surface area contributed by atoms with E-state index in [2.05, 4.69) is 40.3 Å². The van der Waals surface area contributed by atoms with Gasteiger partial charge in [-0.3, -0.25) is 0 Å². The molecule has 4 heteroatoms. The molecule has 2 heterocycles. The second kappa shape index (κ2) is 5.13. The molecule has 0 bridgehead atoms. The molecule has 1 saturated heterocycles. The van der Waals surface area contributed by atoms with E-state index in [1.165, 1.54) is 19.3 Å². The Balaban J connectivity index is 1.92. The van der Waals surface area contributed by atoms with Crippen LogP contribution >= 0.6 is 0 Å². The molecule has 1 N–H and O–H groups in total. The highest BCUT2D eigenvalue weighted by molar-refractivity contribution is 5.88. The number of nitrogens with one attached hydrogen (secondary N) is 1. The summed E-state index contributed by atoms with van der Waals surface area (Å²) in [7, 11) is 0. The maximum Gasteiger partial charge on any atom is 0.151 e. The third-order valence-corrected chi connectivity index (χ3v) is 3.97. The molecule has 0 spiro atoms. The molecule has 1 fully saturated rings. The van der Waals surface area contributed by atoms with Gasteiger partial charge in [0, 0.05) is 17.5 Å². The number of hydrazine groups is 1. The zero-order chi connectivity index (χ0) is 13.2. The molecule has 2 unspecified atom stereocenters. The van der Waals surface area contributed by atoms with Gasteiger partial charge in [0.15, 0.2) is 5.82 Å². The van der Waals surface area contributed by atoms with Gasteiger partial charge in [0.1, 0.15) is 6.33 Å². The first-order valence-electron chi connectivity index (χ1n) is 7.00. The third kappa shape index (κ3) is 2.40. The minimum atomic E-state index is 0.539. The Hall–Kier alpha value is -1.68. The summed E-state index contributed by atoms with van der Waals surface area (Å²) >= 11 is 0. The fourth-order valence-electron chi connectivity index (χ4n) is 2.86. The molecule has 0 amide bonds. The zero-order valence-electron chi connectivity index (χ0n) is 11.5. The predicted molar refractivity (Wildman–Crippen MR) is 77.8 cm³/mol. The Labute approximate surface area is 113 Å². The molecule has 0 radical (unpaired) electrons. The first-order chi connectivity index (χ1) is 9.25. The summed E-state index contributed by atoms with van der Waals surface area (Å²) in [6.45, 7) is 4.54. The fraction of sp³-hybridized carbons (Fsp3) is 0.467. The Morgan fingerprint density at radius 1 is 1.11 bits per heavy atom. The number of fused-ring (bicyclic) bond motifs is 1. The number of anilines is 1. The van der Waals surface area contributed by atoms with Crippen LogP contribution in [0.3, 0.4) is 0 Å². The van der Waals surface area contributed by atoms with Crippen molar-refractivity contribution in [3.8, 4) is 0 Å². The summed E-state index contributed by atoms with van der Waals surface area (Å²) < 4.78 is 0. The van der Waals surface area contributed by atoms with Crippen molar-refractivity contribution in [2.75, 3.05) is 5.43 Å². The molecule has 0 saturated carbocycles. The second-order valence-corrected chi connectivity index (χ2v) is 5.39. The molecule has 1 aliphatic rings. The second-order valence-electron chi connectivity index (χ2n) is 5.39. The first-order valence-corrected chi connectivity index (χ1v) is 7.00. The summed E-state index contributed by atoms with van der Waals surface area (Å²) in [6.07, 6.45) is 5.41. The molecule has 1 aromatic heterocycles. The van der Waals surface area contributed by atoms with Crippen LogP contribution in [0.4, 0.5) is 5.82 Å².